The van der Waals surface area contributed by atoms with Crippen LogP contribution in [0.2, 0.25) is 0 Å². The zero-order valence-electron chi connectivity index (χ0n) is 12.5. The number of hydrogen-bond donors (Lipinski definition) is 1. The molecule has 118 valence electrons. The molecule has 0 aliphatic heterocycles. The molecule has 1 atom stereocenters. The molecule has 0 bridgehead atoms. The van der Waals surface area contributed by atoms with Crippen LogP contribution in [0.4, 0.5) is 9.59 Å². The van der Waals surface area contributed by atoms with E-state index in [1.165, 1.54) is 31.0 Å². The zero-order valence-corrected chi connectivity index (χ0v) is 12.5. The highest BCUT2D eigenvalue weighted by atomic mass is 16.6. The fourth-order valence-corrected chi connectivity index (χ4v) is 1.45. The SMILES string of the molecule is C=CCOC(=O)NC[C@H](CC(C)=O)N(C)C(=O)OCC=C. The summed E-state index contributed by atoms with van der Waals surface area (Å²) >= 11 is 0. The Morgan fingerprint density at radius 1 is 1.19 bits per heavy atom. The molecule has 21 heavy (non-hydrogen) atoms. The Kier molecular flexibility index (Phi) is 9.32. The number of ketones is 1. The maximum absolute atomic E-state index is 11.7. The van der Waals surface area contributed by atoms with Gasteiger partial charge in [0.2, 0.25) is 0 Å². The van der Waals surface area contributed by atoms with E-state index in [-0.39, 0.29) is 32.0 Å². The van der Waals surface area contributed by atoms with Crippen LogP contribution in [-0.2, 0) is 14.3 Å². The lowest BCUT2D eigenvalue weighted by Gasteiger charge is -2.26. The van der Waals surface area contributed by atoms with Gasteiger partial charge in [-0.1, -0.05) is 25.3 Å². The third kappa shape index (κ3) is 8.46. The summed E-state index contributed by atoms with van der Waals surface area (Å²) in [5.74, 6) is -0.107. The third-order valence-electron chi connectivity index (χ3n) is 2.50. The smallest absolute Gasteiger partial charge is 0.410 e. The summed E-state index contributed by atoms with van der Waals surface area (Å²) in [6, 6.07) is -0.518. The van der Waals surface area contributed by atoms with Crippen LogP contribution in [0.25, 0.3) is 0 Å². The highest BCUT2D eigenvalue weighted by Crippen LogP contribution is 2.05. The Bertz CT molecular complexity index is 395. The van der Waals surface area contributed by atoms with Crippen molar-refractivity contribution >= 4 is 18.0 Å². The second-order valence-corrected chi connectivity index (χ2v) is 4.30. The predicted molar refractivity (Wildman–Crippen MR) is 77.9 cm³/mol. The van der Waals surface area contributed by atoms with Crippen molar-refractivity contribution in [3.05, 3.63) is 25.3 Å². The molecule has 7 heteroatoms. The fourth-order valence-electron chi connectivity index (χ4n) is 1.45. The van der Waals surface area contributed by atoms with Gasteiger partial charge in [-0.25, -0.2) is 9.59 Å². The van der Waals surface area contributed by atoms with E-state index in [2.05, 4.69) is 18.5 Å². The molecule has 0 saturated carbocycles. The number of ether oxygens (including phenoxy) is 2. The molecule has 0 saturated heterocycles. The van der Waals surface area contributed by atoms with Gasteiger partial charge in [0.1, 0.15) is 19.0 Å². The predicted octanol–water partition coefficient (Wildman–Crippen LogP) is 1.50. The van der Waals surface area contributed by atoms with E-state index in [1.54, 1.807) is 0 Å². The van der Waals surface area contributed by atoms with Crippen LogP contribution in [0.3, 0.4) is 0 Å². The maximum atomic E-state index is 11.7. The monoisotopic (exact) mass is 298 g/mol. The number of rotatable bonds is 9. The molecule has 0 aliphatic rings. The number of Topliss-reactive ketones (excluding diaryl/α,β-unsaturated/α-hetero) is 1. The highest BCUT2D eigenvalue weighted by Gasteiger charge is 2.23. The van der Waals surface area contributed by atoms with Crippen molar-refractivity contribution in [1.82, 2.24) is 10.2 Å². The van der Waals surface area contributed by atoms with Crippen LogP contribution in [0.5, 0.6) is 0 Å². The van der Waals surface area contributed by atoms with Crippen molar-refractivity contribution in [3.8, 4) is 0 Å². The number of likely N-dealkylation sites (N-methyl/N-ethyl adjacent to an activating group) is 1. The largest absolute Gasteiger partial charge is 0.445 e. The number of alkyl carbamates (subject to hydrolysis) is 1. The first kappa shape index (κ1) is 18.7. The Labute approximate surface area is 124 Å². The van der Waals surface area contributed by atoms with Gasteiger partial charge in [0.15, 0.2) is 0 Å². The van der Waals surface area contributed by atoms with E-state index in [4.69, 9.17) is 9.47 Å². The van der Waals surface area contributed by atoms with Crippen LogP contribution < -0.4 is 5.32 Å². The highest BCUT2D eigenvalue weighted by molar-refractivity contribution is 5.77. The van der Waals surface area contributed by atoms with E-state index >= 15 is 0 Å². The minimum atomic E-state index is -0.642. The number of nitrogens with zero attached hydrogens (tertiary/aromatic N) is 1. The first-order chi connectivity index (χ1) is 9.92. The summed E-state index contributed by atoms with van der Waals surface area (Å²) in [6.45, 7) is 8.51. The average Bonchev–Trinajstić information content (AvgIpc) is 2.45. The molecular weight excluding hydrogens is 276 g/mol. The van der Waals surface area contributed by atoms with Crippen LogP contribution in [0.1, 0.15) is 13.3 Å². The number of carbonyl (C=O) groups excluding carboxylic acids is 3. The minimum Gasteiger partial charge on any atom is -0.445 e. The summed E-state index contributed by atoms with van der Waals surface area (Å²) in [5, 5.41) is 2.48. The van der Waals surface area contributed by atoms with E-state index in [0.29, 0.717) is 0 Å². The van der Waals surface area contributed by atoms with Gasteiger partial charge >= 0.3 is 12.2 Å². The van der Waals surface area contributed by atoms with E-state index < -0.39 is 18.2 Å². The van der Waals surface area contributed by atoms with Crippen molar-refractivity contribution in [1.29, 1.82) is 0 Å². The van der Waals surface area contributed by atoms with Crippen molar-refractivity contribution in [2.75, 3.05) is 26.8 Å². The molecule has 1 N–H and O–H groups in total. The molecule has 0 aliphatic carbocycles. The Balaban J connectivity index is 4.52. The second-order valence-electron chi connectivity index (χ2n) is 4.30. The topological polar surface area (TPSA) is 84.9 Å². The molecule has 0 heterocycles. The van der Waals surface area contributed by atoms with Crippen LogP contribution in [-0.4, -0.2) is 55.7 Å². The summed E-state index contributed by atoms with van der Waals surface area (Å²) in [6.07, 6.45) is 1.74. The molecule has 0 rings (SSSR count). The number of amides is 2. The van der Waals surface area contributed by atoms with E-state index in [1.807, 2.05) is 0 Å². The second kappa shape index (κ2) is 10.5. The van der Waals surface area contributed by atoms with Crippen molar-refractivity contribution in [3.63, 3.8) is 0 Å². The standard InChI is InChI=1S/C14H22N2O5/c1-5-7-20-13(18)15-10-12(9-11(3)17)16(4)14(19)21-8-6-2/h5-6,12H,1-2,7-10H2,3-4H3,(H,15,18)/t12-/m0/s1. The quantitative estimate of drug-likeness (QED) is 0.652. The van der Waals surface area contributed by atoms with Gasteiger partial charge in [-0.15, -0.1) is 0 Å². The maximum Gasteiger partial charge on any atom is 0.410 e. The molecule has 0 aromatic heterocycles. The first-order valence-electron chi connectivity index (χ1n) is 6.43. The van der Waals surface area contributed by atoms with Gasteiger partial charge in [-0.2, -0.15) is 0 Å². The molecule has 2 amide bonds. The molecule has 0 spiro atoms. The number of carbonyl (C=O) groups is 3. The van der Waals surface area contributed by atoms with E-state index in [9.17, 15) is 14.4 Å². The van der Waals surface area contributed by atoms with Gasteiger partial charge < -0.3 is 19.7 Å². The molecule has 7 nitrogen and oxygen atoms in total. The van der Waals surface area contributed by atoms with Crippen molar-refractivity contribution < 1.29 is 23.9 Å². The summed E-state index contributed by atoms with van der Waals surface area (Å²) in [4.78, 5) is 35.6. The van der Waals surface area contributed by atoms with Crippen molar-refractivity contribution in [2.45, 2.75) is 19.4 Å². The van der Waals surface area contributed by atoms with Crippen LogP contribution in [0.15, 0.2) is 25.3 Å². The van der Waals surface area contributed by atoms with Gasteiger partial charge in [0, 0.05) is 20.0 Å². The molecule has 0 aromatic rings. The third-order valence-corrected chi connectivity index (χ3v) is 2.50. The molecule has 0 fully saturated rings. The molecule has 0 radical (unpaired) electrons. The Hall–Kier alpha value is -2.31. The summed E-state index contributed by atoms with van der Waals surface area (Å²) < 4.78 is 9.64. The molecule has 0 aromatic carbocycles. The Morgan fingerprint density at radius 2 is 1.76 bits per heavy atom. The molecular formula is C14H22N2O5. The van der Waals surface area contributed by atoms with Gasteiger partial charge in [0.25, 0.3) is 0 Å². The first-order valence-corrected chi connectivity index (χ1v) is 6.43. The van der Waals surface area contributed by atoms with Crippen LogP contribution in [0, 0.1) is 0 Å². The lowest BCUT2D eigenvalue weighted by Crippen LogP contribution is -2.46. The number of nitrogens with one attached hydrogen (secondary N) is 1. The normalized spacial score (nSPS) is 11.0. The summed E-state index contributed by atoms with van der Waals surface area (Å²) in [7, 11) is 1.50. The lowest BCUT2D eigenvalue weighted by molar-refractivity contribution is -0.117. The number of hydrogen-bond acceptors (Lipinski definition) is 5. The minimum absolute atomic E-state index is 0.0742. The van der Waals surface area contributed by atoms with Gasteiger partial charge in [-0.3, -0.25) is 4.79 Å². The average molecular weight is 298 g/mol. The summed E-state index contributed by atoms with van der Waals surface area (Å²) in [5.41, 5.74) is 0. The van der Waals surface area contributed by atoms with Gasteiger partial charge in [-0.05, 0) is 6.92 Å². The molecule has 0 unspecified atom stereocenters. The van der Waals surface area contributed by atoms with Crippen LogP contribution >= 0.6 is 0 Å². The lowest BCUT2D eigenvalue weighted by atomic mass is 10.1. The zero-order chi connectivity index (χ0) is 16.3. The fraction of sp³-hybridized carbons (Fsp3) is 0.500. The Morgan fingerprint density at radius 3 is 2.29 bits per heavy atom. The van der Waals surface area contributed by atoms with Gasteiger partial charge in [0.05, 0.1) is 6.04 Å². The van der Waals surface area contributed by atoms with E-state index in [0.717, 1.165) is 0 Å². The van der Waals surface area contributed by atoms with Crippen molar-refractivity contribution in [2.24, 2.45) is 0 Å².